The molecule has 1 heterocycles. The van der Waals surface area contributed by atoms with Crippen LogP contribution in [0.25, 0.3) is 0 Å². The molecule has 0 bridgehead atoms. The van der Waals surface area contributed by atoms with E-state index in [0.29, 0.717) is 0 Å². The molecule has 1 N–H and O–H groups in total. The zero-order valence-corrected chi connectivity index (χ0v) is 9.92. The van der Waals surface area contributed by atoms with Crippen molar-refractivity contribution in [2.24, 2.45) is 0 Å². The summed E-state index contributed by atoms with van der Waals surface area (Å²) in [6.07, 6.45) is 3.29. The Bertz CT molecular complexity index is 297. The highest BCUT2D eigenvalue weighted by atomic mass is 19.3. The summed E-state index contributed by atoms with van der Waals surface area (Å²) in [5.41, 5.74) is 1.09. The highest BCUT2D eigenvalue weighted by molar-refractivity contribution is 5.15. The minimum absolute atomic E-state index is 0.218. The van der Waals surface area contributed by atoms with Gasteiger partial charge in [-0.2, -0.15) is 0 Å². The molecule has 0 radical (unpaired) electrons. The fourth-order valence-electron chi connectivity index (χ4n) is 1.75. The first-order valence-corrected chi connectivity index (χ1v) is 5.84. The first-order chi connectivity index (χ1) is 7.67. The molecule has 1 aromatic heterocycles. The number of alkyl halides is 2. The molecular weight excluding hydrogens is 210 g/mol. The fourth-order valence-corrected chi connectivity index (χ4v) is 1.75. The van der Waals surface area contributed by atoms with Crippen LogP contribution in [0.1, 0.15) is 38.3 Å². The van der Waals surface area contributed by atoms with Crippen LogP contribution in [0.3, 0.4) is 0 Å². The summed E-state index contributed by atoms with van der Waals surface area (Å²) in [6, 6.07) is 2.19. The predicted octanol–water partition coefficient (Wildman–Crippen LogP) is 3.20. The van der Waals surface area contributed by atoms with Gasteiger partial charge in [-0.25, -0.2) is 8.78 Å². The molecule has 16 heavy (non-hydrogen) atoms. The number of aromatic nitrogens is 1. The molecule has 92 valence electrons. The topological polar surface area (TPSA) is 17.0 Å². The molecule has 0 aliphatic rings. The van der Waals surface area contributed by atoms with Crippen LogP contribution in [0.4, 0.5) is 8.78 Å². The minimum Gasteiger partial charge on any atom is -0.348 e. The summed E-state index contributed by atoms with van der Waals surface area (Å²) in [7, 11) is 0. The van der Waals surface area contributed by atoms with E-state index in [-0.39, 0.29) is 12.6 Å². The molecule has 0 spiro atoms. The smallest absolute Gasteiger partial charge is 0.256 e. The van der Waals surface area contributed by atoms with Gasteiger partial charge in [-0.1, -0.05) is 13.8 Å². The molecule has 0 saturated carbocycles. The van der Waals surface area contributed by atoms with E-state index in [1.54, 1.807) is 10.8 Å². The van der Waals surface area contributed by atoms with Gasteiger partial charge in [0.1, 0.15) is 0 Å². The Kier molecular flexibility index (Phi) is 5.46. The van der Waals surface area contributed by atoms with Gasteiger partial charge >= 0.3 is 0 Å². The monoisotopic (exact) mass is 230 g/mol. The van der Waals surface area contributed by atoms with Crippen LogP contribution in [0.2, 0.25) is 0 Å². The van der Waals surface area contributed by atoms with Gasteiger partial charge in [0, 0.05) is 18.4 Å². The van der Waals surface area contributed by atoms with Gasteiger partial charge in [0.2, 0.25) is 0 Å². The van der Waals surface area contributed by atoms with Gasteiger partial charge in [-0.3, -0.25) is 0 Å². The second-order valence-corrected chi connectivity index (χ2v) is 3.95. The molecule has 1 rings (SSSR count). The van der Waals surface area contributed by atoms with Crippen molar-refractivity contribution in [3.63, 3.8) is 0 Å². The third-order valence-electron chi connectivity index (χ3n) is 2.57. The van der Waals surface area contributed by atoms with Crippen LogP contribution in [-0.4, -0.2) is 17.5 Å². The van der Waals surface area contributed by atoms with Gasteiger partial charge < -0.3 is 9.88 Å². The Balaban J connectivity index is 2.59. The predicted molar refractivity (Wildman–Crippen MR) is 61.8 cm³/mol. The molecule has 1 aromatic rings. The summed E-state index contributed by atoms with van der Waals surface area (Å²) in [5.74, 6) is 0. The molecule has 0 fully saturated rings. The Morgan fingerprint density at radius 3 is 2.69 bits per heavy atom. The fraction of sp³-hybridized carbons (Fsp3) is 0.667. The lowest BCUT2D eigenvalue weighted by Gasteiger charge is -2.15. The molecule has 1 atom stereocenters. The van der Waals surface area contributed by atoms with Crippen LogP contribution < -0.4 is 5.32 Å². The van der Waals surface area contributed by atoms with E-state index in [9.17, 15) is 8.78 Å². The zero-order chi connectivity index (χ0) is 12.0. The first-order valence-electron chi connectivity index (χ1n) is 5.84. The van der Waals surface area contributed by atoms with E-state index in [4.69, 9.17) is 0 Å². The lowest BCUT2D eigenvalue weighted by molar-refractivity contribution is 0.126. The summed E-state index contributed by atoms with van der Waals surface area (Å²) in [5, 5.41) is 3.40. The van der Waals surface area contributed by atoms with Crippen LogP contribution in [0.15, 0.2) is 18.5 Å². The van der Waals surface area contributed by atoms with E-state index >= 15 is 0 Å². The van der Waals surface area contributed by atoms with E-state index in [1.807, 2.05) is 12.3 Å². The molecule has 1 unspecified atom stereocenters. The van der Waals surface area contributed by atoms with E-state index in [0.717, 1.165) is 24.9 Å². The van der Waals surface area contributed by atoms with Crippen molar-refractivity contribution in [2.75, 3.05) is 6.54 Å². The van der Waals surface area contributed by atoms with Gasteiger partial charge in [0.05, 0.1) is 6.54 Å². The molecule has 0 saturated heterocycles. The largest absolute Gasteiger partial charge is 0.348 e. The lowest BCUT2D eigenvalue weighted by Crippen LogP contribution is -2.21. The maximum atomic E-state index is 12.2. The van der Waals surface area contributed by atoms with Crippen molar-refractivity contribution in [3.8, 4) is 0 Å². The van der Waals surface area contributed by atoms with Crippen LogP contribution in [-0.2, 0) is 6.54 Å². The minimum atomic E-state index is -2.29. The Labute approximate surface area is 95.7 Å². The molecule has 0 aromatic carbocycles. The highest BCUT2D eigenvalue weighted by Crippen LogP contribution is 2.17. The van der Waals surface area contributed by atoms with Crippen molar-refractivity contribution >= 4 is 0 Å². The summed E-state index contributed by atoms with van der Waals surface area (Å²) in [6.45, 7) is 4.95. The molecule has 4 heteroatoms. The summed E-state index contributed by atoms with van der Waals surface area (Å²) < 4.78 is 25.9. The number of rotatable bonds is 7. The number of hydrogen-bond donors (Lipinski definition) is 1. The molecule has 0 amide bonds. The third kappa shape index (κ3) is 3.93. The highest BCUT2D eigenvalue weighted by Gasteiger charge is 2.10. The Hall–Kier alpha value is -0.900. The molecular formula is C12H20F2N2. The number of hydrogen-bond acceptors (Lipinski definition) is 1. The van der Waals surface area contributed by atoms with Crippen molar-refractivity contribution in [2.45, 2.75) is 45.7 Å². The van der Waals surface area contributed by atoms with E-state index in [2.05, 4.69) is 19.2 Å². The summed E-state index contributed by atoms with van der Waals surface area (Å²) >= 11 is 0. The number of nitrogens with zero attached hydrogens (tertiary/aromatic N) is 1. The quantitative estimate of drug-likeness (QED) is 0.761. The molecule has 0 aliphatic carbocycles. The van der Waals surface area contributed by atoms with Crippen LogP contribution in [0, 0.1) is 0 Å². The average Bonchev–Trinajstić information content (AvgIpc) is 2.67. The first kappa shape index (κ1) is 13.2. The Morgan fingerprint density at radius 2 is 2.12 bits per heavy atom. The second kappa shape index (κ2) is 6.63. The normalized spacial score (nSPS) is 13.3. The maximum absolute atomic E-state index is 12.2. The SMILES string of the molecule is CCCNC(CC)c1ccn(CC(F)F)c1. The van der Waals surface area contributed by atoms with E-state index < -0.39 is 6.43 Å². The van der Waals surface area contributed by atoms with Crippen molar-refractivity contribution in [1.29, 1.82) is 0 Å². The van der Waals surface area contributed by atoms with Crippen molar-refractivity contribution < 1.29 is 8.78 Å². The second-order valence-electron chi connectivity index (χ2n) is 3.95. The standard InChI is InChI=1S/C12H20F2N2/c1-3-6-15-11(4-2)10-5-7-16(8-10)9-12(13)14/h5,7-8,11-12,15H,3-4,6,9H2,1-2H3. The van der Waals surface area contributed by atoms with Gasteiger partial charge in [0.15, 0.2) is 0 Å². The zero-order valence-electron chi connectivity index (χ0n) is 9.92. The van der Waals surface area contributed by atoms with Gasteiger partial charge in [-0.15, -0.1) is 0 Å². The third-order valence-corrected chi connectivity index (χ3v) is 2.57. The van der Waals surface area contributed by atoms with E-state index in [1.165, 1.54) is 0 Å². The van der Waals surface area contributed by atoms with Crippen molar-refractivity contribution in [3.05, 3.63) is 24.0 Å². The van der Waals surface area contributed by atoms with Crippen LogP contribution in [0.5, 0.6) is 0 Å². The van der Waals surface area contributed by atoms with Crippen LogP contribution >= 0.6 is 0 Å². The summed E-state index contributed by atoms with van der Waals surface area (Å²) in [4.78, 5) is 0. The number of halogens is 2. The van der Waals surface area contributed by atoms with Gasteiger partial charge in [-0.05, 0) is 31.0 Å². The lowest BCUT2D eigenvalue weighted by atomic mass is 10.1. The molecule has 2 nitrogen and oxygen atoms in total. The maximum Gasteiger partial charge on any atom is 0.256 e. The Morgan fingerprint density at radius 1 is 1.38 bits per heavy atom. The molecule has 0 aliphatic heterocycles. The number of nitrogens with one attached hydrogen (secondary N) is 1. The van der Waals surface area contributed by atoms with Crippen molar-refractivity contribution in [1.82, 2.24) is 9.88 Å². The van der Waals surface area contributed by atoms with Gasteiger partial charge in [0.25, 0.3) is 6.43 Å². The average molecular weight is 230 g/mol.